The van der Waals surface area contributed by atoms with Crippen molar-refractivity contribution in [3.8, 4) is 33.1 Å². The van der Waals surface area contributed by atoms with E-state index in [-0.39, 0.29) is 0 Å². The number of nitrogens with one attached hydrogen (secondary N) is 2. The highest BCUT2D eigenvalue weighted by Gasteiger charge is 2.17. The molecule has 0 radical (unpaired) electrons. The molecule has 0 atom stereocenters. The summed E-state index contributed by atoms with van der Waals surface area (Å²) in [6.45, 7) is 6.08. The van der Waals surface area contributed by atoms with E-state index in [4.69, 9.17) is 4.98 Å². The van der Waals surface area contributed by atoms with Crippen molar-refractivity contribution in [2.24, 2.45) is 0 Å². The van der Waals surface area contributed by atoms with E-state index in [0.29, 0.717) is 11.5 Å². The smallest absolute Gasteiger partial charge is 0.178 e. The lowest BCUT2D eigenvalue weighted by Gasteiger charge is -2.01. The maximum atomic E-state index is 4.76. The number of hydrogen-bond acceptors (Lipinski definition) is 5. The van der Waals surface area contributed by atoms with Crippen LogP contribution in [0.3, 0.4) is 0 Å². The van der Waals surface area contributed by atoms with Gasteiger partial charge in [0.25, 0.3) is 0 Å². The number of imidazole rings is 1. The number of aromatic amines is 2. The number of fused-ring (bicyclic) bond motifs is 2. The van der Waals surface area contributed by atoms with Gasteiger partial charge in [-0.15, -0.1) is 11.3 Å². The summed E-state index contributed by atoms with van der Waals surface area (Å²) in [5.74, 6) is 0.690. The minimum atomic E-state index is 0.671. The molecule has 2 N–H and O–H groups in total. The Bertz CT molecular complexity index is 1610. The van der Waals surface area contributed by atoms with E-state index in [1.54, 1.807) is 29.9 Å². The zero-order valence-electron chi connectivity index (χ0n) is 17.3. The normalized spacial score (nSPS) is 11.4. The van der Waals surface area contributed by atoms with Gasteiger partial charge in [-0.25, -0.2) is 9.97 Å². The van der Waals surface area contributed by atoms with E-state index in [1.807, 2.05) is 31.2 Å². The summed E-state index contributed by atoms with van der Waals surface area (Å²) in [6.07, 6.45) is 5.39. The maximum absolute atomic E-state index is 4.76. The van der Waals surface area contributed by atoms with Gasteiger partial charge in [0.05, 0.1) is 11.0 Å². The summed E-state index contributed by atoms with van der Waals surface area (Å²) in [5, 5.41) is 8.68. The summed E-state index contributed by atoms with van der Waals surface area (Å²) >= 11 is 1.72. The molecular weight excluding hydrogens is 416 g/mol. The summed E-state index contributed by atoms with van der Waals surface area (Å²) in [4.78, 5) is 19.2. The fourth-order valence-corrected chi connectivity index (χ4v) is 4.82. The van der Waals surface area contributed by atoms with Crippen LogP contribution in [0.25, 0.3) is 60.7 Å². The van der Waals surface area contributed by atoms with Gasteiger partial charge >= 0.3 is 0 Å². The van der Waals surface area contributed by atoms with Crippen LogP contribution in [0.2, 0.25) is 0 Å². The number of benzene rings is 1. The summed E-state index contributed by atoms with van der Waals surface area (Å²) < 4.78 is 0. The number of aromatic nitrogens is 6. The fourth-order valence-electron chi connectivity index (χ4n) is 3.86. The van der Waals surface area contributed by atoms with E-state index in [0.717, 1.165) is 49.3 Å². The number of pyridine rings is 2. The molecule has 0 aliphatic rings. The van der Waals surface area contributed by atoms with Gasteiger partial charge in [-0.1, -0.05) is 12.6 Å². The van der Waals surface area contributed by atoms with E-state index in [9.17, 15) is 0 Å². The van der Waals surface area contributed by atoms with E-state index < -0.39 is 0 Å². The highest BCUT2D eigenvalue weighted by Crippen LogP contribution is 2.36. The first kappa shape index (κ1) is 18.7. The Balaban J connectivity index is 1.49. The largest absolute Gasteiger partial charge is 0.335 e. The third-order valence-corrected chi connectivity index (χ3v) is 6.77. The predicted octanol–water partition coefficient (Wildman–Crippen LogP) is 6.32. The zero-order chi connectivity index (χ0) is 21.7. The Hall–Kier alpha value is -4.10. The Morgan fingerprint density at radius 2 is 1.84 bits per heavy atom. The van der Waals surface area contributed by atoms with Gasteiger partial charge in [-0.3, -0.25) is 10.1 Å². The van der Waals surface area contributed by atoms with Crippen LogP contribution >= 0.6 is 11.3 Å². The Kier molecular flexibility index (Phi) is 4.22. The minimum absolute atomic E-state index is 0.671. The molecule has 0 aliphatic carbocycles. The minimum Gasteiger partial charge on any atom is -0.335 e. The molecule has 154 valence electrons. The topological polar surface area (TPSA) is 83.1 Å². The molecule has 5 aromatic heterocycles. The van der Waals surface area contributed by atoms with Crippen molar-refractivity contribution in [3.05, 3.63) is 78.6 Å². The number of thiophene rings is 1. The van der Waals surface area contributed by atoms with Gasteiger partial charge in [-0.2, -0.15) is 5.10 Å². The third kappa shape index (κ3) is 3.02. The fraction of sp³-hybridized carbons (Fsp3) is 0.0400. The first-order valence-electron chi connectivity index (χ1n) is 10.2. The van der Waals surface area contributed by atoms with Crippen LogP contribution in [0.4, 0.5) is 0 Å². The Labute approximate surface area is 187 Å². The highest BCUT2D eigenvalue weighted by atomic mass is 32.1. The van der Waals surface area contributed by atoms with E-state index in [2.05, 4.69) is 56.0 Å². The average Bonchev–Trinajstić information content (AvgIpc) is 3.56. The summed E-state index contributed by atoms with van der Waals surface area (Å²) in [6, 6.07) is 16.5. The molecule has 0 saturated heterocycles. The number of allylic oxidation sites excluding steroid dienone is 1. The zero-order valence-corrected chi connectivity index (χ0v) is 18.1. The van der Waals surface area contributed by atoms with Crippen molar-refractivity contribution >= 4 is 39.0 Å². The summed E-state index contributed by atoms with van der Waals surface area (Å²) in [5.41, 5.74) is 7.64. The van der Waals surface area contributed by atoms with Crippen molar-refractivity contribution in [1.82, 2.24) is 30.1 Å². The second-order valence-electron chi connectivity index (χ2n) is 7.66. The van der Waals surface area contributed by atoms with Crippen molar-refractivity contribution in [3.63, 3.8) is 0 Å². The molecule has 7 heteroatoms. The second kappa shape index (κ2) is 7.25. The van der Waals surface area contributed by atoms with Crippen LogP contribution in [0.15, 0.2) is 73.7 Å². The quantitative estimate of drug-likeness (QED) is 0.340. The van der Waals surface area contributed by atoms with Crippen LogP contribution in [-0.4, -0.2) is 30.1 Å². The molecule has 0 unspecified atom stereocenters. The van der Waals surface area contributed by atoms with Crippen molar-refractivity contribution in [1.29, 1.82) is 0 Å². The monoisotopic (exact) mass is 434 g/mol. The van der Waals surface area contributed by atoms with Crippen LogP contribution in [0.1, 0.15) is 11.8 Å². The maximum Gasteiger partial charge on any atom is 0.178 e. The Morgan fingerprint density at radius 3 is 2.66 bits per heavy atom. The first-order valence-corrected chi connectivity index (χ1v) is 11.0. The molecule has 5 heterocycles. The summed E-state index contributed by atoms with van der Waals surface area (Å²) in [7, 11) is 0. The number of rotatable bonds is 4. The first-order chi connectivity index (χ1) is 15.7. The molecule has 1 aromatic carbocycles. The molecule has 0 spiro atoms. The lowest BCUT2D eigenvalue weighted by atomic mass is 10.0. The third-order valence-electron chi connectivity index (χ3n) is 5.48. The second-order valence-corrected chi connectivity index (χ2v) is 8.74. The molecule has 0 bridgehead atoms. The van der Waals surface area contributed by atoms with E-state index >= 15 is 0 Å². The molecule has 0 saturated carbocycles. The lowest BCUT2D eigenvalue weighted by Crippen LogP contribution is -1.83. The Morgan fingerprint density at radius 1 is 0.969 bits per heavy atom. The lowest BCUT2D eigenvalue weighted by molar-refractivity contribution is 1.10. The number of H-pyrrole nitrogens is 2. The van der Waals surface area contributed by atoms with Crippen molar-refractivity contribution in [2.45, 2.75) is 6.92 Å². The molecule has 6 nitrogen and oxygen atoms in total. The van der Waals surface area contributed by atoms with Crippen molar-refractivity contribution in [2.75, 3.05) is 0 Å². The molecule has 6 rings (SSSR count). The molecule has 0 fully saturated rings. The van der Waals surface area contributed by atoms with Crippen molar-refractivity contribution < 1.29 is 0 Å². The van der Waals surface area contributed by atoms with Gasteiger partial charge in [-0.05, 0) is 66.1 Å². The predicted molar refractivity (Wildman–Crippen MR) is 130 cm³/mol. The van der Waals surface area contributed by atoms with Crippen LogP contribution in [0, 0.1) is 0 Å². The molecular formula is C25H18N6S. The standard InChI is InChI=1S/C25H18N6S/c1-14(2)20-5-6-21(32-20)17-9-12-27-24-22(17)28-25(29-24)23-18-13-16(3-4-19(18)30-31-23)15-7-10-26-11-8-15/h3-13H,1H2,2H3,(H,30,31)(H,27,28,29). The van der Waals surface area contributed by atoms with Crippen LogP contribution in [-0.2, 0) is 0 Å². The van der Waals surface area contributed by atoms with Crippen LogP contribution < -0.4 is 0 Å². The highest BCUT2D eigenvalue weighted by molar-refractivity contribution is 7.16. The van der Waals surface area contributed by atoms with Crippen LogP contribution in [0.5, 0.6) is 0 Å². The number of nitrogens with zero attached hydrogens (tertiary/aromatic N) is 4. The molecule has 32 heavy (non-hydrogen) atoms. The SMILES string of the molecule is C=C(C)c1ccc(-c2ccnc3nc(-c4n[nH]c5ccc(-c6ccncc6)cc45)[nH]c23)s1. The number of hydrogen-bond donors (Lipinski definition) is 2. The molecule has 0 amide bonds. The van der Waals surface area contributed by atoms with Gasteiger partial charge in [0.15, 0.2) is 11.5 Å². The van der Waals surface area contributed by atoms with Gasteiger partial charge in [0.2, 0.25) is 0 Å². The van der Waals surface area contributed by atoms with E-state index in [1.165, 1.54) is 4.88 Å². The molecule has 0 aliphatic heterocycles. The molecule has 6 aromatic rings. The van der Waals surface area contributed by atoms with Gasteiger partial charge in [0, 0.05) is 39.3 Å². The van der Waals surface area contributed by atoms with Gasteiger partial charge in [0.1, 0.15) is 5.69 Å². The van der Waals surface area contributed by atoms with Gasteiger partial charge < -0.3 is 4.98 Å². The average molecular weight is 435 g/mol.